The van der Waals surface area contributed by atoms with E-state index < -0.39 is 5.97 Å². The Morgan fingerprint density at radius 1 is 1.27 bits per heavy atom. The maximum absolute atomic E-state index is 11.0. The molecule has 2 N–H and O–H groups in total. The zero-order valence-electron chi connectivity index (χ0n) is 18.4. The number of carboxylic acids is 1. The summed E-state index contributed by atoms with van der Waals surface area (Å²) in [5.41, 5.74) is 3.43. The molecule has 0 radical (unpaired) electrons. The van der Waals surface area contributed by atoms with E-state index in [1.165, 1.54) is 12.1 Å². The molecule has 0 aliphatic heterocycles. The van der Waals surface area contributed by atoms with E-state index >= 15 is 0 Å². The summed E-state index contributed by atoms with van der Waals surface area (Å²) in [6.07, 6.45) is 8.26. The largest absolute Gasteiger partial charge is 0.478 e. The van der Waals surface area contributed by atoms with Gasteiger partial charge in [0, 0.05) is 5.41 Å². The molecular formula is C24H31N3O3. The summed E-state index contributed by atoms with van der Waals surface area (Å²) in [5.74, 6) is -0.313. The topological polar surface area (TPSA) is 95.7 Å². The molecule has 2 rings (SSSR count). The van der Waals surface area contributed by atoms with E-state index in [1.807, 2.05) is 6.92 Å². The monoisotopic (exact) mass is 409 g/mol. The Labute approximate surface area is 178 Å². The fourth-order valence-corrected chi connectivity index (χ4v) is 3.23. The van der Waals surface area contributed by atoms with E-state index in [4.69, 9.17) is 10.1 Å². The fourth-order valence-electron chi connectivity index (χ4n) is 3.23. The Bertz CT molecular complexity index is 931. The van der Waals surface area contributed by atoms with Gasteiger partial charge in [0.1, 0.15) is 11.4 Å². The Balaban J connectivity index is 2.26. The van der Waals surface area contributed by atoms with Crippen molar-refractivity contribution >= 4 is 17.8 Å². The molecule has 0 bridgehead atoms. The van der Waals surface area contributed by atoms with Crippen molar-refractivity contribution in [2.75, 3.05) is 0 Å². The van der Waals surface area contributed by atoms with Gasteiger partial charge in [-0.3, -0.25) is 4.98 Å². The number of carbonyl (C=O) groups is 1. The molecule has 1 unspecified atom stereocenters. The lowest BCUT2D eigenvalue weighted by atomic mass is 9.80. The molecule has 0 amide bonds. The first-order valence-electron chi connectivity index (χ1n) is 10.3. The number of carboxylic acid groups (broad SMARTS) is 1. The summed E-state index contributed by atoms with van der Waals surface area (Å²) in [4.78, 5) is 20.2. The molecule has 30 heavy (non-hydrogen) atoms. The number of rotatable bonds is 9. The minimum absolute atomic E-state index is 0.145. The molecule has 2 aromatic rings. The summed E-state index contributed by atoms with van der Waals surface area (Å²) in [6, 6.07) is 6.45. The molecule has 0 aliphatic carbocycles. The lowest BCUT2D eigenvalue weighted by molar-refractivity contribution is 0.0697. The smallest absolute Gasteiger partial charge is 0.335 e. The van der Waals surface area contributed by atoms with Gasteiger partial charge >= 0.3 is 5.97 Å². The molecule has 1 aromatic heterocycles. The van der Waals surface area contributed by atoms with Crippen LogP contribution in [0.5, 0.6) is 0 Å². The standard InChI is InChI=1S/C24H31N3O3/c1-6-16(2)13-14-24(4,5)22-17(3)25-15-21(26-22)20(27-30)12-9-18-7-10-19(11-8-18)23(28)29/h7-12,15-16,30H,6,13-14H2,1-5H3,(H,28,29)/b12-9+,27-20+. The van der Waals surface area contributed by atoms with Gasteiger partial charge in [-0.25, -0.2) is 9.78 Å². The van der Waals surface area contributed by atoms with Gasteiger partial charge in [-0.2, -0.15) is 0 Å². The second kappa shape index (κ2) is 10.1. The van der Waals surface area contributed by atoms with Crippen LogP contribution < -0.4 is 0 Å². The highest BCUT2D eigenvalue weighted by molar-refractivity contribution is 6.09. The first-order valence-corrected chi connectivity index (χ1v) is 10.3. The number of hydrogen-bond acceptors (Lipinski definition) is 5. The molecule has 0 aliphatic rings. The molecule has 6 heteroatoms. The zero-order chi connectivity index (χ0) is 22.3. The minimum Gasteiger partial charge on any atom is -0.478 e. The molecule has 0 saturated carbocycles. The molecule has 1 aromatic carbocycles. The molecule has 6 nitrogen and oxygen atoms in total. The quantitative estimate of drug-likeness (QED) is 0.325. The highest BCUT2D eigenvalue weighted by atomic mass is 16.4. The van der Waals surface area contributed by atoms with Gasteiger partial charge in [-0.1, -0.05) is 57.5 Å². The molecule has 0 saturated heterocycles. The molecule has 160 valence electrons. The predicted molar refractivity (Wildman–Crippen MR) is 119 cm³/mol. The van der Waals surface area contributed by atoms with Gasteiger partial charge in [0.05, 0.1) is 23.1 Å². The number of benzene rings is 1. The van der Waals surface area contributed by atoms with Crippen molar-refractivity contribution in [1.82, 2.24) is 9.97 Å². The van der Waals surface area contributed by atoms with Crippen molar-refractivity contribution in [2.24, 2.45) is 11.1 Å². The average molecular weight is 410 g/mol. The van der Waals surface area contributed by atoms with Crippen molar-refractivity contribution < 1.29 is 15.1 Å². The summed E-state index contributed by atoms with van der Waals surface area (Å²) in [7, 11) is 0. The normalized spacial score (nSPS) is 13.6. The van der Waals surface area contributed by atoms with Gasteiger partial charge in [0.15, 0.2) is 0 Å². The van der Waals surface area contributed by atoms with Crippen LogP contribution >= 0.6 is 0 Å². The third-order valence-corrected chi connectivity index (χ3v) is 5.52. The third-order valence-electron chi connectivity index (χ3n) is 5.52. The van der Waals surface area contributed by atoms with Gasteiger partial charge < -0.3 is 10.3 Å². The number of oxime groups is 1. The van der Waals surface area contributed by atoms with E-state index in [2.05, 4.69) is 37.8 Å². The second-order valence-corrected chi connectivity index (χ2v) is 8.37. The SMILES string of the molecule is CCC(C)CCC(C)(C)c1nc(C(/C=C/c2ccc(C(=O)O)cc2)=N/O)cnc1C. The molecule has 1 heterocycles. The number of aryl methyl sites for hydroxylation is 1. The first kappa shape index (κ1) is 23.3. The van der Waals surface area contributed by atoms with E-state index in [1.54, 1.807) is 30.5 Å². The van der Waals surface area contributed by atoms with E-state index in [0.29, 0.717) is 17.3 Å². The van der Waals surface area contributed by atoms with Crippen LogP contribution in [-0.4, -0.2) is 32.0 Å². The van der Waals surface area contributed by atoms with E-state index in [9.17, 15) is 10.0 Å². The van der Waals surface area contributed by atoms with E-state index in [0.717, 1.165) is 36.2 Å². The Morgan fingerprint density at radius 2 is 1.93 bits per heavy atom. The Kier molecular flexibility index (Phi) is 7.86. The second-order valence-electron chi connectivity index (χ2n) is 8.37. The van der Waals surface area contributed by atoms with E-state index in [-0.39, 0.29) is 11.0 Å². The van der Waals surface area contributed by atoms with Crippen LogP contribution in [0.4, 0.5) is 0 Å². The Morgan fingerprint density at radius 3 is 2.50 bits per heavy atom. The summed E-state index contributed by atoms with van der Waals surface area (Å²) in [5, 5.41) is 21.9. The predicted octanol–water partition coefficient (Wildman–Crippen LogP) is 5.48. The molecule has 0 fully saturated rings. The molecule has 0 spiro atoms. The Hall–Kier alpha value is -3.02. The lowest BCUT2D eigenvalue weighted by Gasteiger charge is -2.27. The number of hydrogen-bond donors (Lipinski definition) is 2. The maximum atomic E-state index is 11.0. The van der Waals surface area contributed by atoms with Crippen LogP contribution in [0.3, 0.4) is 0 Å². The van der Waals surface area contributed by atoms with Crippen molar-refractivity contribution in [3.05, 3.63) is 64.7 Å². The average Bonchev–Trinajstić information content (AvgIpc) is 2.73. The van der Waals surface area contributed by atoms with Crippen LogP contribution in [0.15, 0.2) is 41.7 Å². The van der Waals surface area contributed by atoms with Gasteiger partial charge in [0.25, 0.3) is 0 Å². The first-order chi connectivity index (χ1) is 14.2. The van der Waals surface area contributed by atoms with Crippen LogP contribution in [0.2, 0.25) is 0 Å². The van der Waals surface area contributed by atoms with Crippen LogP contribution in [-0.2, 0) is 5.41 Å². The van der Waals surface area contributed by atoms with Crippen LogP contribution in [0.1, 0.15) is 80.0 Å². The fraction of sp³-hybridized carbons (Fsp3) is 0.417. The van der Waals surface area contributed by atoms with Crippen molar-refractivity contribution in [3.8, 4) is 0 Å². The number of nitrogens with zero attached hydrogens (tertiary/aromatic N) is 3. The lowest BCUT2D eigenvalue weighted by Crippen LogP contribution is -2.23. The minimum atomic E-state index is -0.971. The van der Waals surface area contributed by atoms with Crippen LogP contribution in [0, 0.1) is 12.8 Å². The van der Waals surface area contributed by atoms with Crippen molar-refractivity contribution in [2.45, 2.75) is 59.3 Å². The van der Waals surface area contributed by atoms with Crippen molar-refractivity contribution in [3.63, 3.8) is 0 Å². The number of allylic oxidation sites excluding steroid dienone is 1. The highest BCUT2D eigenvalue weighted by Crippen LogP contribution is 2.31. The summed E-state index contributed by atoms with van der Waals surface area (Å²) >= 11 is 0. The third kappa shape index (κ3) is 5.99. The summed E-state index contributed by atoms with van der Waals surface area (Å²) in [6.45, 7) is 10.8. The van der Waals surface area contributed by atoms with Gasteiger partial charge in [-0.15, -0.1) is 0 Å². The zero-order valence-corrected chi connectivity index (χ0v) is 18.4. The van der Waals surface area contributed by atoms with Crippen molar-refractivity contribution in [1.29, 1.82) is 0 Å². The number of aromatic carboxylic acids is 1. The molecule has 1 atom stereocenters. The summed E-state index contributed by atoms with van der Waals surface area (Å²) < 4.78 is 0. The van der Waals surface area contributed by atoms with Gasteiger partial charge in [0.2, 0.25) is 0 Å². The molecular weight excluding hydrogens is 378 g/mol. The number of aromatic nitrogens is 2. The maximum Gasteiger partial charge on any atom is 0.335 e. The highest BCUT2D eigenvalue weighted by Gasteiger charge is 2.26. The van der Waals surface area contributed by atoms with Gasteiger partial charge in [-0.05, 0) is 49.5 Å². The van der Waals surface area contributed by atoms with Crippen LogP contribution in [0.25, 0.3) is 6.08 Å².